The Balaban J connectivity index is 1.67. The number of nitrogens with one attached hydrogen (secondary N) is 1. The standard InChI is InChI=1S/C25H17Cl2N3/c1-16-14-25-23(15-22(16)28-19-10-6-17(26)7-11-19)29-21-4-2-3-5-24(21)30(25)20-12-8-18(27)9-13-20/h2-15,28H,1H2. The van der Waals surface area contributed by atoms with Crippen LogP contribution >= 0.6 is 23.2 Å². The topological polar surface area (TPSA) is 27.6 Å². The summed E-state index contributed by atoms with van der Waals surface area (Å²) < 4.78 is 0. The Labute approximate surface area is 184 Å². The van der Waals surface area contributed by atoms with Crippen LogP contribution in [0.4, 0.5) is 34.1 Å². The SMILES string of the molecule is C=c1cc2c(cc1Nc1ccc(Cl)cc1)=Nc1ccccc1N2c1ccc(Cl)cc1. The van der Waals surface area contributed by atoms with E-state index < -0.39 is 0 Å². The first-order chi connectivity index (χ1) is 14.6. The van der Waals surface area contributed by atoms with Crippen molar-refractivity contribution < 1.29 is 0 Å². The third-order valence-electron chi connectivity index (χ3n) is 5.01. The third kappa shape index (κ3) is 3.43. The minimum absolute atomic E-state index is 0.700. The zero-order chi connectivity index (χ0) is 20.7. The van der Waals surface area contributed by atoms with Crippen LogP contribution in [0.5, 0.6) is 0 Å². The second-order valence-corrected chi connectivity index (χ2v) is 7.92. The van der Waals surface area contributed by atoms with Gasteiger partial charge >= 0.3 is 0 Å². The van der Waals surface area contributed by atoms with E-state index in [4.69, 9.17) is 28.2 Å². The fourth-order valence-electron chi connectivity index (χ4n) is 3.57. The van der Waals surface area contributed by atoms with Gasteiger partial charge in [0.05, 0.1) is 22.4 Å². The van der Waals surface area contributed by atoms with E-state index >= 15 is 0 Å². The quantitative estimate of drug-likeness (QED) is 0.338. The summed E-state index contributed by atoms with van der Waals surface area (Å²) >= 11 is 12.1. The zero-order valence-electron chi connectivity index (χ0n) is 15.9. The third-order valence-corrected chi connectivity index (χ3v) is 5.52. The molecular weight excluding hydrogens is 413 g/mol. The van der Waals surface area contributed by atoms with Gasteiger partial charge in [0.15, 0.2) is 0 Å². The molecule has 0 fully saturated rings. The Morgan fingerprint density at radius 1 is 0.767 bits per heavy atom. The molecule has 0 unspecified atom stereocenters. The molecule has 146 valence electrons. The Bertz CT molecular complexity index is 1350. The smallest absolute Gasteiger partial charge is 0.0899 e. The lowest BCUT2D eigenvalue weighted by Gasteiger charge is -2.29. The lowest BCUT2D eigenvalue weighted by Crippen LogP contribution is -2.25. The molecule has 4 aromatic carbocycles. The van der Waals surface area contributed by atoms with Crippen molar-refractivity contribution in [2.75, 3.05) is 10.2 Å². The van der Waals surface area contributed by atoms with Crippen LogP contribution in [-0.4, -0.2) is 0 Å². The van der Waals surface area contributed by atoms with E-state index in [1.54, 1.807) is 0 Å². The van der Waals surface area contributed by atoms with Gasteiger partial charge in [-0.25, -0.2) is 4.99 Å². The van der Waals surface area contributed by atoms with E-state index in [2.05, 4.69) is 28.9 Å². The van der Waals surface area contributed by atoms with Gasteiger partial charge in [0.2, 0.25) is 0 Å². The van der Waals surface area contributed by atoms with Crippen molar-refractivity contribution in [1.82, 2.24) is 0 Å². The predicted molar refractivity (Wildman–Crippen MR) is 127 cm³/mol. The van der Waals surface area contributed by atoms with E-state index in [1.165, 1.54) is 0 Å². The normalized spacial score (nSPS) is 12.0. The lowest BCUT2D eigenvalue weighted by atomic mass is 10.1. The average molecular weight is 430 g/mol. The Morgan fingerprint density at radius 3 is 2.17 bits per heavy atom. The maximum Gasteiger partial charge on any atom is 0.0899 e. The Hall–Kier alpha value is -3.27. The van der Waals surface area contributed by atoms with Crippen molar-refractivity contribution in [2.45, 2.75) is 0 Å². The fraction of sp³-hybridized carbons (Fsp3) is 0. The monoisotopic (exact) mass is 429 g/mol. The highest BCUT2D eigenvalue weighted by Gasteiger charge is 2.21. The summed E-state index contributed by atoms with van der Waals surface area (Å²) in [4.78, 5) is 7.09. The van der Waals surface area contributed by atoms with Crippen LogP contribution in [-0.2, 0) is 0 Å². The van der Waals surface area contributed by atoms with Crippen LogP contribution in [0.3, 0.4) is 0 Å². The number of rotatable bonds is 3. The number of fused-ring (bicyclic) bond motifs is 2. The molecule has 0 aliphatic carbocycles. The highest BCUT2D eigenvalue weighted by atomic mass is 35.5. The van der Waals surface area contributed by atoms with Crippen LogP contribution in [0, 0.1) is 0 Å². The van der Waals surface area contributed by atoms with Crippen LogP contribution < -0.4 is 20.8 Å². The zero-order valence-corrected chi connectivity index (χ0v) is 17.5. The van der Waals surface area contributed by atoms with E-state index in [-0.39, 0.29) is 0 Å². The van der Waals surface area contributed by atoms with Crippen LogP contribution in [0.25, 0.3) is 6.58 Å². The molecule has 4 aromatic rings. The molecule has 1 aliphatic rings. The number of benzene rings is 4. The van der Waals surface area contributed by atoms with Gasteiger partial charge in [-0.1, -0.05) is 41.9 Å². The first-order valence-electron chi connectivity index (χ1n) is 9.47. The number of para-hydroxylation sites is 2. The molecule has 0 saturated heterocycles. The van der Waals surface area contributed by atoms with Gasteiger partial charge < -0.3 is 10.2 Å². The van der Waals surface area contributed by atoms with Crippen LogP contribution in [0.2, 0.25) is 10.0 Å². The molecule has 1 N–H and O–H groups in total. The summed E-state index contributed by atoms with van der Waals surface area (Å²) in [5, 5.41) is 6.56. The molecule has 0 saturated carbocycles. The minimum atomic E-state index is 0.700. The van der Waals surface area contributed by atoms with E-state index in [0.29, 0.717) is 10.0 Å². The van der Waals surface area contributed by atoms with E-state index in [0.717, 1.165) is 44.7 Å². The van der Waals surface area contributed by atoms with Gasteiger partial charge in [-0.05, 0) is 78.0 Å². The molecule has 1 aliphatic heterocycles. The van der Waals surface area contributed by atoms with Gasteiger partial charge in [-0.3, -0.25) is 0 Å². The van der Waals surface area contributed by atoms with Crippen molar-refractivity contribution in [1.29, 1.82) is 0 Å². The van der Waals surface area contributed by atoms with Crippen LogP contribution in [0.15, 0.2) is 89.9 Å². The molecule has 30 heavy (non-hydrogen) atoms. The van der Waals surface area contributed by atoms with Crippen molar-refractivity contribution in [3.05, 3.63) is 106 Å². The summed E-state index contributed by atoms with van der Waals surface area (Å²) in [5.41, 5.74) is 5.76. The highest BCUT2D eigenvalue weighted by molar-refractivity contribution is 6.30. The van der Waals surface area contributed by atoms with Gasteiger partial charge in [0.25, 0.3) is 0 Å². The summed E-state index contributed by atoms with van der Waals surface area (Å²) in [6.07, 6.45) is 0. The molecule has 1 heterocycles. The second-order valence-electron chi connectivity index (χ2n) is 7.04. The molecule has 0 bridgehead atoms. The Kier molecular flexibility index (Phi) is 4.70. The van der Waals surface area contributed by atoms with Crippen molar-refractivity contribution in [3.63, 3.8) is 0 Å². The summed E-state index contributed by atoms with van der Waals surface area (Å²) in [6, 6.07) is 27.6. The van der Waals surface area contributed by atoms with Gasteiger partial charge in [0.1, 0.15) is 0 Å². The van der Waals surface area contributed by atoms with Crippen LogP contribution in [0.1, 0.15) is 0 Å². The molecule has 0 aromatic heterocycles. The predicted octanol–water partition coefficient (Wildman–Crippen LogP) is 6.88. The maximum absolute atomic E-state index is 6.12. The largest absolute Gasteiger partial charge is 0.355 e. The minimum Gasteiger partial charge on any atom is -0.355 e. The first kappa shape index (κ1) is 18.7. The van der Waals surface area contributed by atoms with Crippen molar-refractivity contribution >= 4 is 63.9 Å². The second kappa shape index (κ2) is 7.52. The lowest BCUT2D eigenvalue weighted by molar-refractivity contribution is 1.17. The molecule has 3 nitrogen and oxygen atoms in total. The molecule has 0 radical (unpaired) electrons. The molecule has 5 heteroatoms. The first-order valence-corrected chi connectivity index (χ1v) is 10.2. The van der Waals surface area contributed by atoms with Gasteiger partial charge in [0, 0.05) is 27.1 Å². The van der Waals surface area contributed by atoms with Gasteiger partial charge in [-0.15, -0.1) is 0 Å². The molecule has 0 spiro atoms. The number of anilines is 5. The van der Waals surface area contributed by atoms with Crippen molar-refractivity contribution in [2.24, 2.45) is 4.99 Å². The fourth-order valence-corrected chi connectivity index (χ4v) is 3.82. The number of nitrogens with zero attached hydrogens (tertiary/aromatic N) is 2. The number of hydrogen-bond acceptors (Lipinski definition) is 3. The summed E-state index contributed by atoms with van der Waals surface area (Å²) in [5.74, 6) is 0. The number of hydrogen-bond donors (Lipinski definition) is 1. The number of halogens is 2. The van der Waals surface area contributed by atoms with Gasteiger partial charge in [-0.2, -0.15) is 0 Å². The Morgan fingerprint density at radius 2 is 1.43 bits per heavy atom. The van der Waals surface area contributed by atoms with E-state index in [9.17, 15) is 0 Å². The molecule has 5 rings (SSSR count). The molecule has 0 atom stereocenters. The summed E-state index contributed by atoms with van der Waals surface area (Å²) in [7, 11) is 0. The molecular formula is C25H17Cl2N3. The van der Waals surface area contributed by atoms with E-state index in [1.807, 2.05) is 72.8 Å². The highest BCUT2D eigenvalue weighted by Crippen LogP contribution is 2.41. The average Bonchev–Trinajstić information content (AvgIpc) is 2.75. The summed E-state index contributed by atoms with van der Waals surface area (Å²) in [6.45, 7) is 4.26. The molecule has 0 amide bonds. The maximum atomic E-state index is 6.12. The van der Waals surface area contributed by atoms with Crippen molar-refractivity contribution in [3.8, 4) is 0 Å².